The Hall–Kier alpha value is -2.32. The highest BCUT2D eigenvalue weighted by Crippen LogP contribution is 2.19. The number of Topliss-reactive ketones (excluding diaryl/α,β-unsaturated/α-hetero) is 1. The summed E-state index contributed by atoms with van der Waals surface area (Å²) in [4.78, 5) is 23.8. The molecule has 0 unspecified atom stereocenters. The number of hydrogen-bond acceptors (Lipinski definition) is 5. The van der Waals surface area contributed by atoms with Crippen LogP contribution in [0.25, 0.3) is 0 Å². The van der Waals surface area contributed by atoms with Crippen LogP contribution >= 0.6 is 11.8 Å². The maximum atomic E-state index is 12.3. The lowest BCUT2D eigenvalue weighted by molar-refractivity contribution is -0.119. The van der Waals surface area contributed by atoms with Crippen LogP contribution in [0.2, 0.25) is 0 Å². The van der Waals surface area contributed by atoms with E-state index in [0.29, 0.717) is 17.8 Å². The molecule has 156 valence electrons. The monoisotopic (exact) mass is 434 g/mol. The van der Waals surface area contributed by atoms with Crippen LogP contribution in [-0.2, 0) is 20.6 Å². The maximum Gasteiger partial charge on any atom is 0.240 e. The van der Waals surface area contributed by atoms with Crippen molar-refractivity contribution in [1.82, 2.24) is 5.32 Å². The van der Waals surface area contributed by atoms with E-state index in [1.165, 1.54) is 24.1 Å². The molecule has 0 spiro atoms. The SMILES string of the molecule is CC(=O)c1cccc(N(CC(=O)NCCSCc2cccc(C)c2)S(C)(=O)=O)c1. The Bertz CT molecular complexity index is 974. The standard InChI is InChI=1S/C21H26N2O4S2/c1-16-6-4-7-18(12-16)15-28-11-10-22-21(25)14-23(29(3,26)27)20-9-5-8-19(13-20)17(2)24/h4-9,12-13H,10-11,14-15H2,1-3H3,(H,22,25). The van der Waals surface area contributed by atoms with E-state index in [2.05, 4.69) is 17.4 Å². The molecular formula is C21H26N2O4S2. The van der Waals surface area contributed by atoms with Crippen LogP contribution in [0.3, 0.4) is 0 Å². The highest BCUT2D eigenvalue weighted by molar-refractivity contribution is 7.98. The van der Waals surface area contributed by atoms with Gasteiger partial charge in [0.25, 0.3) is 0 Å². The molecule has 1 amide bonds. The minimum Gasteiger partial charge on any atom is -0.354 e. The minimum absolute atomic E-state index is 0.171. The Balaban J connectivity index is 1.89. The first-order valence-electron chi connectivity index (χ1n) is 9.15. The van der Waals surface area contributed by atoms with Gasteiger partial charge in [-0.05, 0) is 31.5 Å². The van der Waals surface area contributed by atoms with Crippen molar-refractivity contribution >= 4 is 39.2 Å². The van der Waals surface area contributed by atoms with Crippen molar-refractivity contribution in [3.63, 3.8) is 0 Å². The van der Waals surface area contributed by atoms with E-state index >= 15 is 0 Å². The van der Waals surface area contributed by atoms with E-state index in [0.717, 1.165) is 22.1 Å². The molecule has 0 bridgehead atoms. The van der Waals surface area contributed by atoms with Gasteiger partial charge in [0.15, 0.2) is 5.78 Å². The average molecular weight is 435 g/mol. The van der Waals surface area contributed by atoms with E-state index in [9.17, 15) is 18.0 Å². The molecule has 0 fully saturated rings. The number of nitrogens with one attached hydrogen (secondary N) is 1. The van der Waals surface area contributed by atoms with Gasteiger partial charge in [-0.25, -0.2) is 8.42 Å². The van der Waals surface area contributed by atoms with Gasteiger partial charge in [-0.2, -0.15) is 11.8 Å². The highest BCUT2D eigenvalue weighted by atomic mass is 32.2. The fraction of sp³-hybridized carbons (Fsp3) is 0.333. The molecule has 0 atom stereocenters. The largest absolute Gasteiger partial charge is 0.354 e. The molecule has 2 aromatic rings. The Morgan fingerprint density at radius 3 is 2.48 bits per heavy atom. The summed E-state index contributed by atoms with van der Waals surface area (Å²) in [5.41, 5.74) is 3.13. The summed E-state index contributed by atoms with van der Waals surface area (Å²) in [5.74, 6) is 1.01. The molecule has 29 heavy (non-hydrogen) atoms. The van der Waals surface area contributed by atoms with Crippen LogP contribution in [0.1, 0.15) is 28.4 Å². The molecule has 2 rings (SSSR count). The van der Waals surface area contributed by atoms with Crippen molar-refractivity contribution in [3.8, 4) is 0 Å². The number of amides is 1. The molecule has 2 aromatic carbocycles. The van der Waals surface area contributed by atoms with Gasteiger partial charge in [-0.1, -0.05) is 42.0 Å². The first-order valence-corrected chi connectivity index (χ1v) is 12.2. The number of thioether (sulfide) groups is 1. The lowest BCUT2D eigenvalue weighted by atomic mass is 10.1. The van der Waals surface area contributed by atoms with Crippen LogP contribution in [0.5, 0.6) is 0 Å². The first-order chi connectivity index (χ1) is 13.7. The predicted octanol–water partition coefficient (Wildman–Crippen LogP) is 3.01. The maximum absolute atomic E-state index is 12.3. The Labute approximate surface area is 176 Å². The zero-order valence-corrected chi connectivity index (χ0v) is 18.5. The van der Waals surface area contributed by atoms with Gasteiger partial charge in [0.2, 0.25) is 15.9 Å². The van der Waals surface area contributed by atoms with Crippen LogP contribution < -0.4 is 9.62 Å². The van der Waals surface area contributed by atoms with Gasteiger partial charge in [-0.15, -0.1) is 0 Å². The van der Waals surface area contributed by atoms with Crippen molar-refractivity contribution in [1.29, 1.82) is 0 Å². The highest BCUT2D eigenvalue weighted by Gasteiger charge is 2.21. The van der Waals surface area contributed by atoms with Crippen LogP contribution in [-0.4, -0.2) is 45.2 Å². The zero-order valence-electron chi connectivity index (χ0n) is 16.8. The Morgan fingerprint density at radius 2 is 1.83 bits per heavy atom. The second-order valence-electron chi connectivity index (χ2n) is 6.77. The molecule has 6 nitrogen and oxygen atoms in total. The summed E-state index contributed by atoms with van der Waals surface area (Å²) < 4.78 is 25.3. The van der Waals surface area contributed by atoms with E-state index in [1.54, 1.807) is 30.0 Å². The second-order valence-corrected chi connectivity index (χ2v) is 9.78. The lowest BCUT2D eigenvalue weighted by Gasteiger charge is -2.22. The molecule has 0 aliphatic rings. The number of rotatable bonds is 10. The molecule has 0 radical (unpaired) electrons. The number of hydrogen-bond donors (Lipinski definition) is 1. The number of aryl methyl sites for hydroxylation is 1. The summed E-state index contributed by atoms with van der Waals surface area (Å²) in [7, 11) is -3.67. The average Bonchev–Trinajstić information content (AvgIpc) is 2.65. The van der Waals surface area contributed by atoms with Gasteiger partial charge in [0.1, 0.15) is 6.54 Å². The molecule has 0 aliphatic carbocycles. The smallest absolute Gasteiger partial charge is 0.240 e. The second kappa shape index (κ2) is 10.5. The minimum atomic E-state index is -3.67. The van der Waals surface area contributed by atoms with E-state index in [1.807, 2.05) is 19.1 Å². The van der Waals surface area contributed by atoms with Crippen molar-refractivity contribution in [3.05, 3.63) is 65.2 Å². The topological polar surface area (TPSA) is 83.6 Å². The van der Waals surface area contributed by atoms with Gasteiger partial charge in [0.05, 0.1) is 11.9 Å². The normalized spacial score (nSPS) is 11.1. The summed E-state index contributed by atoms with van der Waals surface area (Å²) >= 11 is 1.70. The van der Waals surface area contributed by atoms with Crippen molar-refractivity contribution in [2.75, 3.05) is 29.4 Å². The lowest BCUT2D eigenvalue weighted by Crippen LogP contribution is -2.41. The van der Waals surface area contributed by atoms with Crippen LogP contribution in [0.4, 0.5) is 5.69 Å². The summed E-state index contributed by atoms with van der Waals surface area (Å²) in [6.07, 6.45) is 1.04. The number of carbonyl (C=O) groups is 2. The van der Waals surface area contributed by atoms with Crippen LogP contribution in [0.15, 0.2) is 48.5 Å². The van der Waals surface area contributed by atoms with Crippen molar-refractivity contribution in [2.24, 2.45) is 0 Å². The number of benzene rings is 2. The van der Waals surface area contributed by atoms with Gasteiger partial charge in [-0.3, -0.25) is 13.9 Å². The third kappa shape index (κ3) is 7.55. The zero-order chi connectivity index (χ0) is 21.4. The van der Waals surface area contributed by atoms with E-state index < -0.39 is 10.0 Å². The fourth-order valence-corrected chi connectivity index (χ4v) is 4.38. The molecule has 0 heterocycles. The number of anilines is 1. The molecule has 1 N–H and O–H groups in total. The van der Waals surface area contributed by atoms with Gasteiger partial charge >= 0.3 is 0 Å². The van der Waals surface area contributed by atoms with Crippen molar-refractivity contribution in [2.45, 2.75) is 19.6 Å². The van der Waals surface area contributed by atoms with Crippen molar-refractivity contribution < 1.29 is 18.0 Å². The van der Waals surface area contributed by atoms with E-state index in [-0.39, 0.29) is 18.2 Å². The molecule has 0 aliphatic heterocycles. The summed E-state index contributed by atoms with van der Waals surface area (Å²) in [6, 6.07) is 14.5. The summed E-state index contributed by atoms with van der Waals surface area (Å²) in [6.45, 7) is 3.57. The predicted molar refractivity (Wildman–Crippen MR) is 119 cm³/mol. The third-order valence-electron chi connectivity index (χ3n) is 4.15. The van der Waals surface area contributed by atoms with E-state index in [4.69, 9.17) is 0 Å². The van der Waals surface area contributed by atoms with Crippen LogP contribution in [0, 0.1) is 6.92 Å². The number of carbonyl (C=O) groups excluding carboxylic acids is 2. The molecule has 8 heteroatoms. The van der Waals surface area contributed by atoms with Gasteiger partial charge < -0.3 is 5.32 Å². The molecule has 0 aromatic heterocycles. The third-order valence-corrected chi connectivity index (χ3v) is 6.32. The first kappa shape index (κ1) is 23.0. The summed E-state index contributed by atoms with van der Waals surface area (Å²) in [5, 5.41) is 2.76. The Kier molecular flexibility index (Phi) is 8.28. The van der Waals surface area contributed by atoms with Gasteiger partial charge in [0, 0.05) is 23.6 Å². The molecule has 0 saturated heterocycles. The number of ketones is 1. The Morgan fingerprint density at radius 1 is 1.10 bits per heavy atom. The molecular weight excluding hydrogens is 408 g/mol. The quantitative estimate of drug-likeness (QED) is 0.459. The number of sulfonamides is 1. The number of nitrogens with zero attached hydrogens (tertiary/aromatic N) is 1. The molecule has 0 saturated carbocycles. The fourth-order valence-electron chi connectivity index (χ4n) is 2.72.